The molecule has 0 aliphatic carbocycles. The number of hydrogen-bond donors (Lipinski definition) is 0. The van der Waals surface area contributed by atoms with Gasteiger partial charge in [0, 0.05) is 26.3 Å². The number of para-hydroxylation sites is 1. The predicted molar refractivity (Wildman–Crippen MR) is 80.0 cm³/mol. The van der Waals surface area contributed by atoms with E-state index >= 15 is 0 Å². The molecule has 6 heteroatoms. The van der Waals surface area contributed by atoms with Gasteiger partial charge in [-0.25, -0.2) is 9.67 Å². The van der Waals surface area contributed by atoms with Gasteiger partial charge in [0.05, 0.1) is 5.69 Å². The van der Waals surface area contributed by atoms with Crippen LogP contribution < -0.4 is 0 Å². The van der Waals surface area contributed by atoms with E-state index in [2.05, 4.69) is 10.1 Å². The highest BCUT2D eigenvalue weighted by molar-refractivity contribution is 7.99. The Labute approximate surface area is 123 Å². The molecule has 1 aromatic carbocycles. The first-order chi connectivity index (χ1) is 9.66. The van der Waals surface area contributed by atoms with Gasteiger partial charge in [-0.05, 0) is 18.6 Å². The van der Waals surface area contributed by atoms with E-state index in [1.54, 1.807) is 41.8 Å². The molecule has 20 heavy (non-hydrogen) atoms. The number of rotatable bonds is 6. The second-order valence-electron chi connectivity index (χ2n) is 4.55. The maximum Gasteiger partial charge on any atom is 0.222 e. The van der Waals surface area contributed by atoms with Gasteiger partial charge in [0.1, 0.15) is 6.33 Å². The molecule has 0 atom stereocenters. The largest absolute Gasteiger partial charge is 0.349 e. The summed E-state index contributed by atoms with van der Waals surface area (Å²) in [5, 5.41) is 5.15. The Kier molecular flexibility index (Phi) is 5.17. The van der Waals surface area contributed by atoms with Crippen LogP contribution in [0.5, 0.6) is 0 Å². The van der Waals surface area contributed by atoms with Crippen molar-refractivity contribution in [1.82, 2.24) is 19.7 Å². The van der Waals surface area contributed by atoms with E-state index in [0.717, 1.165) is 23.0 Å². The molecule has 0 saturated carbocycles. The fourth-order valence-electron chi connectivity index (χ4n) is 1.63. The van der Waals surface area contributed by atoms with Crippen LogP contribution in [0.2, 0.25) is 0 Å². The third-order valence-corrected chi connectivity index (χ3v) is 3.69. The zero-order valence-electron chi connectivity index (χ0n) is 11.7. The standard InChI is InChI=1S/C14H18N4OS/c1-17(2)13(19)9-6-10-20-14-15-11-18(16-14)12-7-4-3-5-8-12/h3-5,7-8,11H,6,9-10H2,1-2H3. The van der Waals surface area contributed by atoms with Crippen molar-refractivity contribution in [2.75, 3.05) is 19.8 Å². The number of carbonyl (C=O) groups is 1. The second-order valence-corrected chi connectivity index (χ2v) is 5.61. The lowest BCUT2D eigenvalue weighted by atomic mass is 10.3. The highest BCUT2D eigenvalue weighted by atomic mass is 32.2. The second kappa shape index (κ2) is 7.09. The minimum atomic E-state index is 0.161. The first-order valence-corrected chi connectivity index (χ1v) is 7.45. The summed E-state index contributed by atoms with van der Waals surface area (Å²) >= 11 is 1.58. The lowest BCUT2D eigenvalue weighted by molar-refractivity contribution is -0.128. The summed E-state index contributed by atoms with van der Waals surface area (Å²) in [5.74, 6) is 1.01. The minimum absolute atomic E-state index is 0.161. The van der Waals surface area contributed by atoms with Crippen molar-refractivity contribution in [2.24, 2.45) is 0 Å². The van der Waals surface area contributed by atoms with E-state index in [4.69, 9.17) is 0 Å². The van der Waals surface area contributed by atoms with Crippen molar-refractivity contribution in [2.45, 2.75) is 18.0 Å². The van der Waals surface area contributed by atoms with E-state index in [1.165, 1.54) is 0 Å². The maximum absolute atomic E-state index is 11.4. The Bertz CT molecular complexity index is 553. The molecule has 0 fully saturated rings. The first kappa shape index (κ1) is 14.6. The summed E-state index contributed by atoms with van der Waals surface area (Å²) in [6, 6.07) is 9.88. The smallest absolute Gasteiger partial charge is 0.222 e. The summed E-state index contributed by atoms with van der Waals surface area (Å²) in [5.41, 5.74) is 0.995. The van der Waals surface area contributed by atoms with Crippen LogP contribution in [-0.4, -0.2) is 45.4 Å². The number of hydrogen-bond acceptors (Lipinski definition) is 4. The Hall–Kier alpha value is -1.82. The van der Waals surface area contributed by atoms with Crippen molar-refractivity contribution in [3.8, 4) is 5.69 Å². The van der Waals surface area contributed by atoms with Crippen molar-refractivity contribution in [3.05, 3.63) is 36.7 Å². The summed E-state index contributed by atoms with van der Waals surface area (Å²) in [6.45, 7) is 0. The normalized spacial score (nSPS) is 10.5. The minimum Gasteiger partial charge on any atom is -0.349 e. The van der Waals surface area contributed by atoms with E-state index in [9.17, 15) is 4.79 Å². The summed E-state index contributed by atoms with van der Waals surface area (Å²) in [4.78, 5) is 17.3. The lowest BCUT2D eigenvalue weighted by Crippen LogP contribution is -2.21. The van der Waals surface area contributed by atoms with E-state index in [0.29, 0.717) is 6.42 Å². The number of benzene rings is 1. The maximum atomic E-state index is 11.4. The molecular weight excluding hydrogens is 272 g/mol. The molecule has 1 amide bonds. The van der Waals surface area contributed by atoms with Gasteiger partial charge in [0.15, 0.2) is 0 Å². The van der Waals surface area contributed by atoms with Crippen molar-refractivity contribution in [3.63, 3.8) is 0 Å². The molecule has 0 saturated heterocycles. The quantitative estimate of drug-likeness (QED) is 0.605. The van der Waals surface area contributed by atoms with Gasteiger partial charge in [-0.1, -0.05) is 30.0 Å². The molecular formula is C14H18N4OS. The third-order valence-electron chi connectivity index (χ3n) is 2.76. The molecule has 0 unspecified atom stereocenters. The van der Waals surface area contributed by atoms with Crippen LogP contribution in [-0.2, 0) is 4.79 Å². The summed E-state index contributed by atoms with van der Waals surface area (Å²) < 4.78 is 1.76. The first-order valence-electron chi connectivity index (χ1n) is 6.47. The molecule has 1 aromatic heterocycles. The number of thioether (sulfide) groups is 1. The van der Waals surface area contributed by atoms with Gasteiger partial charge in [-0.15, -0.1) is 5.10 Å². The molecule has 0 aliphatic heterocycles. The zero-order chi connectivity index (χ0) is 14.4. The van der Waals surface area contributed by atoms with Crippen LogP contribution in [0.3, 0.4) is 0 Å². The Morgan fingerprint density at radius 2 is 2.05 bits per heavy atom. The van der Waals surface area contributed by atoms with Gasteiger partial charge in [-0.3, -0.25) is 4.79 Å². The third kappa shape index (κ3) is 4.09. The molecule has 0 N–H and O–H groups in total. The molecule has 2 rings (SSSR count). The van der Waals surface area contributed by atoms with Crippen LogP contribution in [0.15, 0.2) is 41.8 Å². The summed E-state index contributed by atoms with van der Waals surface area (Å²) in [7, 11) is 3.55. The van der Waals surface area contributed by atoms with Crippen molar-refractivity contribution in [1.29, 1.82) is 0 Å². The van der Waals surface area contributed by atoms with Crippen LogP contribution in [0.4, 0.5) is 0 Å². The van der Waals surface area contributed by atoms with Crippen molar-refractivity contribution >= 4 is 17.7 Å². The van der Waals surface area contributed by atoms with Gasteiger partial charge in [-0.2, -0.15) is 0 Å². The average Bonchev–Trinajstić information content (AvgIpc) is 2.93. The molecule has 1 heterocycles. The van der Waals surface area contributed by atoms with E-state index in [-0.39, 0.29) is 5.91 Å². The number of carbonyl (C=O) groups excluding carboxylic acids is 1. The molecule has 0 bridgehead atoms. The molecule has 0 spiro atoms. The molecule has 2 aromatic rings. The monoisotopic (exact) mass is 290 g/mol. The topological polar surface area (TPSA) is 51.0 Å². The van der Waals surface area contributed by atoms with E-state index < -0.39 is 0 Å². The molecule has 0 radical (unpaired) electrons. The van der Waals surface area contributed by atoms with Crippen LogP contribution in [0.1, 0.15) is 12.8 Å². The van der Waals surface area contributed by atoms with Gasteiger partial charge >= 0.3 is 0 Å². The van der Waals surface area contributed by atoms with Gasteiger partial charge < -0.3 is 4.90 Å². The number of amides is 1. The van der Waals surface area contributed by atoms with Gasteiger partial charge in [0.2, 0.25) is 11.1 Å². The number of nitrogens with zero attached hydrogens (tertiary/aromatic N) is 4. The van der Waals surface area contributed by atoms with Gasteiger partial charge in [0.25, 0.3) is 0 Å². The predicted octanol–water partition coefficient (Wildman–Crippen LogP) is 2.23. The molecule has 5 nitrogen and oxygen atoms in total. The fourth-order valence-corrected chi connectivity index (χ4v) is 2.37. The van der Waals surface area contributed by atoms with Crippen LogP contribution >= 0.6 is 11.8 Å². The number of aromatic nitrogens is 3. The molecule has 0 aliphatic rings. The Morgan fingerprint density at radius 3 is 2.75 bits per heavy atom. The van der Waals surface area contributed by atoms with Crippen molar-refractivity contribution < 1.29 is 4.79 Å². The Balaban J connectivity index is 1.81. The summed E-state index contributed by atoms with van der Waals surface area (Å²) in [6.07, 6.45) is 3.11. The SMILES string of the molecule is CN(C)C(=O)CCCSc1ncn(-c2ccccc2)n1. The van der Waals surface area contributed by atoms with Crippen LogP contribution in [0.25, 0.3) is 5.69 Å². The highest BCUT2D eigenvalue weighted by Gasteiger charge is 2.06. The van der Waals surface area contributed by atoms with E-state index in [1.807, 2.05) is 30.3 Å². The molecule has 106 valence electrons. The lowest BCUT2D eigenvalue weighted by Gasteiger charge is -2.08. The Morgan fingerprint density at radius 1 is 1.30 bits per heavy atom. The fraction of sp³-hybridized carbons (Fsp3) is 0.357. The van der Waals surface area contributed by atoms with Crippen LogP contribution in [0, 0.1) is 0 Å². The zero-order valence-corrected chi connectivity index (χ0v) is 12.5. The average molecular weight is 290 g/mol. The highest BCUT2D eigenvalue weighted by Crippen LogP contribution is 2.15.